The van der Waals surface area contributed by atoms with Crippen LogP contribution < -0.4 is 10.2 Å². The van der Waals surface area contributed by atoms with Crippen molar-refractivity contribution in [3.8, 4) is 0 Å². The van der Waals surface area contributed by atoms with E-state index in [1.54, 1.807) is 0 Å². The molecule has 3 rings (SSSR count). The first-order chi connectivity index (χ1) is 11.8. The van der Waals surface area contributed by atoms with Gasteiger partial charge < -0.3 is 10.2 Å². The van der Waals surface area contributed by atoms with Crippen LogP contribution in [0.2, 0.25) is 0 Å². The molecule has 1 N–H and O–H groups in total. The second kappa shape index (κ2) is 7.19. The lowest BCUT2D eigenvalue weighted by molar-refractivity contribution is -0.140. The SMILES string of the molecule is O=C(NCC(F)(F)F)C1CCCN(c2ccc3cc(Br)ccc3n2)C1. The molecule has 1 unspecified atom stereocenters. The fraction of sp³-hybridized carbons (Fsp3) is 0.412. The molecule has 1 aromatic heterocycles. The van der Waals surface area contributed by atoms with Crippen LogP contribution in [0.25, 0.3) is 10.9 Å². The molecule has 1 fully saturated rings. The average molecular weight is 416 g/mol. The van der Waals surface area contributed by atoms with Crippen molar-refractivity contribution in [3.05, 3.63) is 34.8 Å². The van der Waals surface area contributed by atoms with Crippen molar-refractivity contribution < 1.29 is 18.0 Å². The van der Waals surface area contributed by atoms with Crippen molar-refractivity contribution >= 4 is 38.6 Å². The van der Waals surface area contributed by atoms with Gasteiger partial charge in [0.2, 0.25) is 5.91 Å². The normalized spacial score (nSPS) is 18.4. The van der Waals surface area contributed by atoms with E-state index < -0.39 is 24.5 Å². The minimum atomic E-state index is -4.39. The topological polar surface area (TPSA) is 45.2 Å². The second-order valence-electron chi connectivity index (χ2n) is 6.12. The Morgan fingerprint density at radius 1 is 1.32 bits per heavy atom. The molecular weight excluding hydrogens is 399 g/mol. The fourth-order valence-corrected chi connectivity index (χ4v) is 3.37. The van der Waals surface area contributed by atoms with E-state index in [1.165, 1.54) is 0 Å². The summed E-state index contributed by atoms with van der Waals surface area (Å²) >= 11 is 3.42. The third kappa shape index (κ3) is 4.62. The molecule has 0 aliphatic carbocycles. The molecule has 1 saturated heterocycles. The van der Waals surface area contributed by atoms with Gasteiger partial charge in [0, 0.05) is 22.9 Å². The van der Waals surface area contributed by atoms with Crippen LogP contribution in [-0.2, 0) is 4.79 Å². The van der Waals surface area contributed by atoms with E-state index in [1.807, 2.05) is 40.5 Å². The number of nitrogens with one attached hydrogen (secondary N) is 1. The van der Waals surface area contributed by atoms with Crippen LogP contribution in [-0.4, -0.2) is 36.7 Å². The molecule has 134 valence electrons. The van der Waals surface area contributed by atoms with Gasteiger partial charge in [0.15, 0.2) is 0 Å². The van der Waals surface area contributed by atoms with Crippen LogP contribution in [0.1, 0.15) is 12.8 Å². The number of carbonyl (C=O) groups is 1. The highest BCUT2D eigenvalue weighted by Gasteiger charge is 2.31. The molecule has 0 saturated carbocycles. The van der Waals surface area contributed by atoms with Gasteiger partial charge in [0.1, 0.15) is 12.4 Å². The number of nitrogens with zero attached hydrogens (tertiary/aromatic N) is 2. The van der Waals surface area contributed by atoms with Gasteiger partial charge in [-0.2, -0.15) is 13.2 Å². The quantitative estimate of drug-likeness (QED) is 0.826. The molecule has 4 nitrogen and oxygen atoms in total. The summed E-state index contributed by atoms with van der Waals surface area (Å²) in [6.07, 6.45) is -3.07. The third-order valence-corrected chi connectivity index (χ3v) is 4.71. The number of fused-ring (bicyclic) bond motifs is 1. The number of alkyl halides is 3. The first kappa shape index (κ1) is 18.0. The maximum absolute atomic E-state index is 12.3. The molecule has 2 aromatic rings. The molecule has 8 heteroatoms. The van der Waals surface area contributed by atoms with Gasteiger partial charge in [-0.1, -0.05) is 15.9 Å². The summed E-state index contributed by atoms with van der Waals surface area (Å²) < 4.78 is 37.8. The first-order valence-corrected chi connectivity index (χ1v) is 8.77. The van der Waals surface area contributed by atoms with Gasteiger partial charge in [-0.05, 0) is 43.2 Å². The van der Waals surface area contributed by atoms with Gasteiger partial charge in [-0.3, -0.25) is 4.79 Å². The summed E-state index contributed by atoms with van der Waals surface area (Å²) in [4.78, 5) is 18.6. The van der Waals surface area contributed by atoms with Crippen LogP contribution in [0.5, 0.6) is 0 Å². The lowest BCUT2D eigenvalue weighted by Crippen LogP contribution is -2.45. The highest BCUT2D eigenvalue weighted by Crippen LogP contribution is 2.25. The van der Waals surface area contributed by atoms with Crippen LogP contribution >= 0.6 is 15.9 Å². The van der Waals surface area contributed by atoms with E-state index in [2.05, 4.69) is 20.9 Å². The Bertz CT molecular complexity index is 781. The van der Waals surface area contributed by atoms with E-state index in [0.29, 0.717) is 13.0 Å². The van der Waals surface area contributed by atoms with E-state index >= 15 is 0 Å². The zero-order chi connectivity index (χ0) is 18.0. The minimum Gasteiger partial charge on any atom is -0.356 e. The lowest BCUT2D eigenvalue weighted by Gasteiger charge is -2.33. The molecule has 0 radical (unpaired) electrons. The molecule has 0 bridgehead atoms. The van der Waals surface area contributed by atoms with E-state index in [9.17, 15) is 18.0 Å². The monoisotopic (exact) mass is 415 g/mol. The molecule has 1 atom stereocenters. The molecule has 25 heavy (non-hydrogen) atoms. The Kier molecular flexibility index (Phi) is 5.17. The highest BCUT2D eigenvalue weighted by atomic mass is 79.9. The average Bonchev–Trinajstić information content (AvgIpc) is 2.58. The smallest absolute Gasteiger partial charge is 0.356 e. The van der Waals surface area contributed by atoms with E-state index in [-0.39, 0.29) is 0 Å². The third-order valence-electron chi connectivity index (χ3n) is 4.22. The van der Waals surface area contributed by atoms with Gasteiger partial charge >= 0.3 is 6.18 Å². The number of benzene rings is 1. The Balaban J connectivity index is 1.70. The molecule has 2 heterocycles. The molecular formula is C17H17BrF3N3O. The van der Waals surface area contributed by atoms with Crippen LogP contribution in [0.15, 0.2) is 34.8 Å². The molecule has 1 aliphatic heterocycles. The number of pyridine rings is 1. The van der Waals surface area contributed by atoms with Crippen molar-refractivity contribution in [1.82, 2.24) is 10.3 Å². The second-order valence-corrected chi connectivity index (χ2v) is 7.04. The van der Waals surface area contributed by atoms with Crippen molar-refractivity contribution in [2.24, 2.45) is 5.92 Å². The number of hydrogen-bond acceptors (Lipinski definition) is 3. The maximum Gasteiger partial charge on any atom is 0.405 e. The van der Waals surface area contributed by atoms with E-state index in [0.717, 1.165) is 34.2 Å². The van der Waals surface area contributed by atoms with E-state index in [4.69, 9.17) is 0 Å². The Labute approximate surface area is 151 Å². The predicted molar refractivity (Wildman–Crippen MR) is 93.4 cm³/mol. The van der Waals surface area contributed by atoms with Crippen LogP contribution in [0, 0.1) is 5.92 Å². The van der Waals surface area contributed by atoms with Gasteiger partial charge in [-0.15, -0.1) is 0 Å². The molecule has 1 aromatic carbocycles. The van der Waals surface area contributed by atoms with Gasteiger partial charge in [0.05, 0.1) is 11.4 Å². The van der Waals surface area contributed by atoms with Gasteiger partial charge in [-0.25, -0.2) is 4.98 Å². The largest absolute Gasteiger partial charge is 0.405 e. The summed E-state index contributed by atoms with van der Waals surface area (Å²) in [6.45, 7) is -0.178. The summed E-state index contributed by atoms with van der Waals surface area (Å²) in [5.41, 5.74) is 0.837. The van der Waals surface area contributed by atoms with Crippen LogP contribution in [0.4, 0.5) is 19.0 Å². The summed E-state index contributed by atoms with van der Waals surface area (Å²) in [5.74, 6) is -0.270. The number of carbonyl (C=O) groups excluding carboxylic acids is 1. The molecule has 1 amide bonds. The summed E-state index contributed by atoms with van der Waals surface area (Å²) in [7, 11) is 0. The lowest BCUT2D eigenvalue weighted by atomic mass is 9.97. The Hall–Kier alpha value is -1.83. The highest BCUT2D eigenvalue weighted by molar-refractivity contribution is 9.10. The van der Waals surface area contributed by atoms with Crippen molar-refractivity contribution in [2.75, 3.05) is 24.5 Å². The number of hydrogen-bond donors (Lipinski definition) is 1. The fourth-order valence-electron chi connectivity index (χ4n) is 2.99. The molecule has 1 aliphatic rings. The number of anilines is 1. The number of aromatic nitrogens is 1. The van der Waals surface area contributed by atoms with Gasteiger partial charge in [0.25, 0.3) is 0 Å². The zero-order valence-electron chi connectivity index (χ0n) is 13.3. The zero-order valence-corrected chi connectivity index (χ0v) is 14.9. The summed E-state index contributed by atoms with van der Waals surface area (Å²) in [6, 6.07) is 9.61. The Morgan fingerprint density at radius 3 is 2.88 bits per heavy atom. The number of rotatable bonds is 3. The number of halogens is 4. The maximum atomic E-state index is 12.3. The number of piperidine rings is 1. The first-order valence-electron chi connectivity index (χ1n) is 7.97. The minimum absolute atomic E-state index is 0.374. The summed E-state index contributed by atoms with van der Waals surface area (Å²) in [5, 5.41) is 2.98. The standard InChI is InChI=1S/C17H17BrF3N3O/c18-13-4-5-14-11(8-13)3-6-15(23-14)24-7-1-2-12(9-24)16(25)22-10-17(19,20)21/h3-6,8,12H,1-2,7,9-10H2,(H,22,25). The van der Waals surface area contributed by atoms with Crippen LogP contribution in [0.3, 0.4) is 0 Å². The van der Waals surface area contributed by atoms with Crippen molar-refractivity contribution in [2.45, 2.75) is 19.0 Å². The molecule has 0 spiro atoms. The number of amides is 1. The predicted octanol–water partition coefficient (Wildman–Crippen LogP) is 3.89. The van der Waals surface area contributed by atoms with Crippen molar-refractivity contribution in [3.63, 3.8) is 0 Å². The Morgan fingerprint density at radius 2 is 2.12 bits per heavy atom. The van der Waals surface area contributed by atoms with Crippen molar-refractivity contribution in [1.29, 1.82) is 0 Å².